The number of hydrogen-bond acceptors (Lipinski definition) is 4. The number of hydrogen-bond donors (Lipinski definition) is 2. The van der Waals surface area contributed by atoms with Crippen molar-refractivity contribution in [3.8, 4) is 5.75 Å². The SMILES string of the molecule is Cc1ccc(NC2CCc3cc(O)ccc32)c([N+](=O)[O-])c1. The zero-order valence-corrected chi connectivity index (χ0v) is 11.7. The zero-order chi connectivity index (χ0) is 15.0. The van der Waals surface area contributed by atoms with E-state index in [0.29, 0.717) is 5.69 Å². The summed E-state index contributed by atoms with van der Waals surface area (Å²) in [5.41, 5.74) is 3.70. The number of phenolic OH excluding ortho intramolecular Hbond substituents is 1. The van der Waals surface area contributed by atoms with Crippen molar-refractivity contribution in [3.05, 3.63) is 63.2 Å². The van der Waals surface area contributed by atoms with Gasteiger partial charge in [-0.1, -0.05) is 12.1 Å². The lowest BCUT2D eigenvalue weighted by atomic mass is 10.1. The quantitative estimate of drug-likeness (QED) is 0.665. The van der Waals surface area contributed by atoms with Gasteiger partial charge in [0.15, 0.2) is 0 Å². The van der Waals surface area contributed by atoms with Gasteiger partial charge in [-0.2, -0.15) is 0 Å². The van der Waals surface area contributed by atoms with Gasteiger partial charge in [0.25, 0.3) is 5.69 Å². The highest BCUT2D eigenvalue weighted by molar-refractivity contribution is 5.64. The Hall–Kier alpha value is -2.56. The molecule has 1 aliphatic rings. The summed E-state index contributed by atoms with van der Waals surface area (Å²) in [5, 5.41) is 24.0. The Morgan fingerprint density at radius 2 is 2.10 bits per heavy atom. The van der Waals surface area contributed by atoms with E-state index < -0.39 is 0 Å². The van der Waals surface area contributed by atoms with Crippen molar-refractivity contribution in [2.75, 3.05) is 5.32 Å². The van der Waals surface area contributed by atoms with E-state index in [1.165, 1.54) is 0 Å². The van der Waals surface area contributed by atoms with E-state index in [2.05, 4.69) is 5.32 Å². The molecule has 0 fully saturated rings. The summed E-state index contributed by atoms with van der Waals surface area (Å²) >= 11 is 0. The number of rotatable bonds is 3. The van der Waals surface area contributed by atoms with Crippen LogP contribution in [0.1, 0.15) is 29.2 Å². The molecule has 21 heavy (non-hydrogen) atoms. The van der Waals surface area contributed by atoms with E-state index in [0.717, 1.165) is 29.5 Å². The largest absolute Gasteiger partial charge is 0.508 e. The zero-order valence-electron chi connectivity index (χ0n) is 11.7. The van der Waals surface area contributed by atoms with Crippen molar-refractivity contribution in [2.24, 2.45) is 0 Å². The molecule has 0 bridgehead atoms. The van der Waals surface area contributed by atoms with Crippen LogP contribution in [-0.2, 0) is 6.42 Å². The third-order valence-corrected chi connectivity index (χ3v) is 3.88. The molecule has 0 heterocycles. The standard InChI is InChI=1S/C16H16N2O3/c1-10-2-6-15(16(8-10)18(20)21)17-14-7-3-11-9-12(19)4-5-13(11)14/h2,4-6,8-9,14,17,19H,3,7H2,1H3. The van der Waals surface area contributed by atoms with Crippen molar-refractivity contribution < 1.29 is 10.0 Å². The van der Waals surface area contributed by atoms with Crippen LogP contribution >= 0.6 is 0 Å². The number of anilines is 1. The Bertz CT molecular complexity index is 713. The van der Waals surface area contributed by atoms with E-state index in [4.69, 9.17) is 0 Å². The van der Waals surface area contributed by atoms with E-state index in [1.54, 1.807) is 24.3 Å². The molecule has 0 saturated heterocycles. The second-order valence-electron chi connectivity index (χ2n) is 5.40. The molecule has 2 aromatic carbocycles. The van der Waals surface area contributed by atoms with E-state index in [1.807, 2.05) is 19.1 Å². The first-order valence-corrected chi connectivity index (χ1v) is 6.88. The van der Waals surface area contributed by atoms with Crippen LogP contribution in [0.4, 0.5) is 11.4 Å². The highest BCUT2D eigenvalue weighted by Gasteiger charge is 2.25. The Kier molecular flexibility index (Phi) is 3.25. The van der Waals surface area contributed by atoms with Crippen molar-refractivity contribution in [1.29, 1.82) is 0 Å². The second kappa shape index (κ2) is 5.09. The number of fused-ring (bicyclic) bond motifs is 1. The van der Waals surface area contributed by atoms with Crippen molar-refractivity contribution in [2.45, 2.75) is 25.8 Å². The topological polar surface area (TPSA) is 75.4 Å². The van der Waals surface area contributed by atoms with Gasteiger partial charge in [-0.15, -0.1) is 0 Å². The predicted octanol–water partition coefficient (Wildman–Crippen LogP) is 3.71. The first-order chi connectivity index (χ1) is 10.0. The van der Waals surface area contributed by atoms with Crippen molar-refractivity contribution in [3.63, 3.8) is 0 Å². The molecule has 108 valence electrons. The molecule has 1 atom stereocenters. The van der Waals surface area contributed by atoms with Crippen LogP contribution in [0.2, 0.25) is 0 Å². The second-order valence-corrected chi connectivity index (χ2v) is 5.40. The molecule has 0 aromatic heterocycles. The van der Waals surface area contributed by atoms with E-state index >= 15 is 0 Å². The minimum Gasteiger partial charge on any atom is -0.508 e. The monoisotopic (exact) mass is 284 g/mol. The van der Waals surface area contributed by atoms with Crippen LogP contribution < -0.4 is 5.32 Å². The molecule has 1 unspecified atom stereocenters. The van der Waals surface area contributed by atoms with Gasteiger partial charge in [0.1, 0.15) is 11.4 Å². The number of benzene rings is 2. The molecule has 0 amide bonds. The molecule has 0 radical (unpaired) electrons. The van der Waals surface area contributed by atoms with Gasteiger partial charge in [0, 0.05) is 6.07 Å². The number of nitro benzene ring substituents is 1. The Morgan fingerprint density at radius 1 is 1.29 bits per heavy atom. The van der Waals surface area contributed by atoms with Crippen LogP contribution in [0.25, 0.3) is 0 Å². The van der Waals surface area contributed by atoms with E-state index in [-0.39, 0.29) is 22.4 Å². The third-order valence-electron chi connectivity index (χ3n) is 3.88. The molecular formula is C16H16N2O3. The lowest BCUT2D eigenvalue weighted by Gasteiger charge is -2.16. The number of aromatic hydroxyl groups is 1. The maximum atomic E-state index is 11.2. The highest BCUT2D eigenvalue weighted by atomic mass is 16.6. The number of aryl methyl sites for hydroxylation is 2. The van der Waals surface area contributed by atoms with Crippen LogP contribution in [-0.4, -0.2) is 10.0 Å². The molecule has 0 spiro atoms. The molecule has 5 heteroatoms. The fraction of sp³-hybridized carbons (Fsp3) is 0.250. The minimum absolute atomic E-state index is 0.0435. The summed E-state index contributed by atoms with van der Waals surface area (Å²) in [5.74, 6) is 0.260. The molecular weight excluding hydrogens is 268 g/mol. The van der Waals surface area contributed by atoms with Crippen molar-refractivity contribution >= 4 is 11.4 Å². The van der Waals surface area contributed by atoms with Gasteiger partial charge in [-0.25, -0.2) is 0 Å². The molecule has 3 rings (SSSR count). The first-order valence-electron chi connectivity index (χ1n) is 6.88. The minimum atomic E-state index is -0.359. The maximum Gasteiger partial charge on any atom is 0.292 e. The molecule has 2 aromatic rings. The summed E-state index contributed by atoms with van der Waals surface area (Å²) in [6.07, 6.45) is 1.73. The maximum absolute atomic E-state index is 11.2. The lowest BCUT2D eigenvalue weighted by molar-refractivity contribution is -0.384. The number of nitro groups is 1. The summed E-state index contributed by atoms with van der Waals surface area (Å²) in [4.78, 5) is 10.8. The van der Waals surface area contributed by atoms with Crippen LogP contribution in [0.3, 0.4) is 0 Å². The molecule has 0 aliphatic heterocycles. The summed E-state index contributed by atoms with van der Waals surface area (Å²) in [6, 6.07) is 10.5. The third kappa shape index (κ3) is 2.54. The van der Waals surface area contributed by atoms with Crippen LogP contribution in [0.15, 0.2) is 36.4 Å². The van der Waals surface area contributed by atoms with Gasteiger partial charge < -0.3 is 10.4 Å². The van der Waals surface area contributed by atoms with Gasteiger partial charge in [0.05, 0.1) is 11.0 Å². The molecule has 0 saturated carbocycles. The van der Waals surface area contributed by atoms with E-state index in [9.17, 15) is 15.2 Å². The molecule has 2 N–H and O–H groups in total. The van der Waals surface area contributed by atoms with Crippen LogP contribution in [0.5, 0.6) is 5.75 Å². The number of phenols is 1. The average molecular weight is 284 g/mol. The average Bonchev–Trinajstić information content (AvgIpc) is 2.82. The summed E-state index contributed by atoms with van der Waals surface area (Å²) in [6.45, 7) is 1.84. The summed E-state index contributed by atoms with van der Waals surface area (Å²) in [7, 11) is 0. The first kappa shape index (κ1) is 13.4. The fourth-order valence-corrected chi connectivity index (χ4v) is 2.86. The number of nitrogens with one attached hydrogen (secondary N) is 1. The predicted molar refractivity (Wildman–Crippen MR) is 80.6 cm³/mol. The number of nitrogens with zero attached hydrogens (tertiary/aromatic N) is 1. The van der Waals surface area contributed by atoms with Gasteiger partial charge in [-0.3, -0.25) is 10.1 Å². The van der Waals surface area contributed by atoms with Gasteiger partial charge in [-0.05, 0) is 54.7 Å². The summed E-state index contributed by atoms with van der Waals surface area (Å²) < 4.78 is 0. The fourth-order valence-electron chi connectivity index (χ4n) is 2.86. The Morgan fingerprint density at radius 3 is 2.86 bits per heavy atom. The van der Waals surface area contributed by atoms with Gasteiger partial charge in [0.2, 0.25) is 0 Å². The van der Waals surface area contributed by atoms with Crippen LogP contribution in [0, 0.1) is 17.0 Å². The normalized spacial score (nSPS) is 16.5. The van der Waals surface area contributed by atoms with Crippen molar-refractivity contribution in [1.82, 2.24) is 0 Å². The Balaban J connectivity index is 1.91. The van der Waals surface area contributed by atoms with Gasteiger partial charge >= 0.3 is 0 Å². The lowest BCUT2D eigenvalue weighted by Crippen LogP contribution is -2.09. The Labute approximate surface area is 122 Å². The molecule has 5 nitrogen and oxygen atoms in total. The highest BCUT2D eigenvalue weighted by Crippen LogP contribution is 2.37. The smallest absolute Gasteiger partial charge is 0.292 e. The molecule has 1 aliphatic carbocycles.